The van der Waals surface area contributed by atoms with Crippen molar-refractivity contribution in [2.24, 2.45) is 0 Å². The number of piperidine rings is 1. The molecule has 1 fully saturated rings. The van der Waals surface area contributed by atoms with Crippen molar-refractivity contribution in [3.05, 3.63) is 48.5 Å². The number of aromatic nitrogens is 3. The second-order valence-corrected chi connectivity index (χ2v) is 5.49. The van der Waals surface area contributed by atoms with Gasteiger partial charge in [-0.3, -0.25) is 4.79 Å². The highest BCUT2D eigenvalue weighted by Crippen LogP contribution is 2.20. The summed E-state index contributed by atoms with van der Waals surface area (Å²) in [6, 6.07) is 10.1. The molecule has 1 saturated heterocycles. The Balaban J connectivity index is 1.47. The van der Waals surface area contributed by atoms with Gasteiger partial charge in [0.15, 0.2) is 0 Å². The number of carbonyl (C=O) groups excluding carboxylic acids is 1. The number of ether oxygens (including phenoxy) is 1. The number of benzene rings is 1. The van der Waals surface area contributed by atoms with Crippen molar-refractivity contribution in [1.29, 1.82) is 0 Å². The topological polar surface area (TPSA) is 60.2 Å². The molecular formula is C16H20N4O2. The van der Waals surface area contributed by atoms with Gasteiger partial charge in [-0.2, -0.15) is 5.10 Å². The summed E-state index contributed by atoms with van der Waals surface area (Å²) in [5, 5.41) is 4.17. The monoisotopic (exact) mass is 300 g/mol. The van der Waals surface area contributed by atoms with Crippen LogP contribution < -0.4 is 0 Å². The van der Waals surface area contributed by atoms with Crippen molar-refractivity contribution in [2.75, 3.05) is 19.7 Å². The molecule has 0 radical (unpaired) electrons. The third kappa shape index (κ3) is 3.71. The number of hydrogen-bond acceptors (Lipinski definition) is 4. The standard InChI is InChI=1S/C16H20N4O2/c21-16(11-22-10-14-5-2-1-3-6-14)19-8-4-7-15(9-19)20-13-17-12-18-20/h1-3,5-6,12-13,15H,4,7-11H2/t15-/m1/s1. The number of rotatable bonds is 5. The van der Waals surface area contributed by atoms with Gasteiger partial charge in [-0.05, 0) is 18.4 Å². The summed E-state index contributed by atoms with van der Waals surface area (Å²) in [6.07, 6.45) is 5.25. The molecule has 0 bridgehead atoms. The van der Waals surface area contributed by atoms with Gasteiger partial charge < -0.3 is 9.64 Å². The van der Waals surface area contributed by atoms with Gasteiger partial charge in [0, 0.05) is 13.1 Å². The van der Waals surface area contributed by atoms with E-state index in [0.29, 0.717) is 13.2 Å². The Morgan fingerprint density at radius 3 is 2.95 bits per heavy atom. The van der Waals surface area contributed by atoms with Crippen molar-refractivity contribution in [3.63, 3.8) is 0 Å². The van der Waals surface area contributed by atoms with E-state index in [1.165, 1.54) is 6.33 Å². The van der Waals surface area contributed by atoms with Crippen molar-refractivity contribution in [2.45, 2.75) is 25.5 Å². The number of amides is 1. The molecule has 22 heavy (non-hydrogen) atoms. The van der Waals surface area contributed by atoms with Crippen LogP contribution in [-0.4, -0.2) is 45.3 Å². The molecule has 2 aromatic rings. The van der Waals surface area contributed by atoms with Crippen LogP contribution in [0.3, 0.4) is 0 Å². The van der Waals surface area contributed by atoms with E-state index in [0.717, 1.165) is 24.9 Å². The second kappa shape index (κ2) is 7.17. The summed E-state index contributed by atoms with van der Waals surface area (Å²) in [7, 11) is 0. The van der Waals surface area contributed by atoms with Crippen LogP contribution in [0, 0.1) is 0 Å². The van der Waals surface area contributed by atoms with Crippen LogP contribution in [0.4, 0.5) is 0 Å². The van der Waals surface area contributed by atoms with E-state index in [2.05, 4.69) is 10.1 Å². The van der Waals surface area contributed by atoms with Gasteiger partial charge in [-0.15, -0.1) is 0 Å². The molecule has 6 heteroatoms. The third-order valence-electron chi connectivity index (χ3n) is 3.90. The predicted molar refractivity (Wildman–Crippen MR) is 81.0 cm³/mol. The second-order valence-electron chi connectivity index (χ2n) is 5.49. The predicted octanol–water partition coefficient (Wildman–Crippen LogP) is 1.66. The summed E-state index contributed by atoms with van der Waals surface area (Å²) in [5.41, 5.74) is 1.08. The number of carbonyl (C=O) groups is 1. The van der Waals surface area contributed by atoms with Gasteiger partial charge in [0.25, 0.3) is 0 Å². The minimum absolute atomic E-state index is 0.0424. The highest BCUT2D eigenvalue weighted by Gasteiger charge is 2.25. The van der Waals surface area contributed by atoms with E-state index in [-0.39, 0.29) is 18.6 Å². The summed E-state index contributed by atoms with van der Waals surface area (Å²) in [4.78, 5) is 18.1. The van der Waals surface area contributed by atoms with Gasteiger partial charge in [0.2, 0.25) is 5.91 Å². The lowest BCUT2D eigenvalue weighted by atomic mass is 10.1. The number of nitrogens with zero attached hydrogens (tertiary/aromatic N) is 4. The zero-order valence-electron chi connectivity index (χ0n) is 12.5. The highest BCUT2D eigenvalue weighted by molar-refractivity contribution is 5.77. The summed E-state index contributed by atoms with van der Waals surface area (Å²) < 4.78 is 7.37. The summed E-state index contributed by atoms with van der Waals surface area (Å²) >= 11 is 0. The molecule has 1 aliphatic heterocycles. The van der Waals surface area contributed by atoms with E-state index in [4.69, 9.17) is 4.74 Å². The normalized spacial score (nSPS) is 18.4. The Bertz CT molecular complexity index is 585. The molecule has 1 amide bonds. The lowest BCUT2D eigenvalue weighted by Crippen LogP contribution is -2.42. The molecule has 0 N–H and O–H groups in total. The largest absolute Gasteiger partial charge is 0.367 e. The Hall–Kier alpha value is -2.21. The first kappa shape index (κ1) is 14.7. The van der Waals surface area contributed by atoms with Gasteiger partial charge in [-0.25, -0.2) is 9.67 Å². The van der Waals surface area contributed by atoms with E-state index in [1.54, 1.807) is 6.33 Å². The van der Waals surface area contributed by atoms with Crippen molar-refractivity contribution in [3.8, 4) is 0 Å². The van der Waals surface area contributed by atoms with Crippen LogP contribution in [0.2, 0.25) is 0 Å². The Labute approximate surface area is 129 Å². The molecule has 0 aliphatic carbocycles. The SMILES string of the molecule is O=C(COCc1ccccc1)N1CCC[C@@H](n2cncn2)C1. The fourth-order valence-electron chi connectivity index (χ4n) is 2.72. The molecule has 3 rings (SSSR count). The smallest absolute Gasteiger partial charge is 0.248 e. The molecule has 1 aromatic heterocycles. The zero-order valence-corrected chi connectivity index (χ0v) is 12.5. The van der Waals surface area contributed by atoms with Crippen LogP contribution in [-0.2, 0) is 16.1 Å². The highest BCUT2D eigenvalue weighted by atomic mass is 16.5. The first-order valence-electron chi connectivity index (χ1n) is 7.56. The molecule has 1 aromatic carbocycles. The van der Waals surface area contributed by atoms with E-state index in [1.807, 2.05) is 39.9 Å². The lowest BCUT2D eigenvalue weighted by Gasteiger charge is -2.32. The van der Waals surface area contributed by atoms with Gasteiger partial charge in [-0.1, -0.05) is 30.3 Å². The van der Waals surface area contributed by atoms with Crippen LogP contribution in [0.1, 0.15) is 24.4 Å². The molecule has 0 unspecified atom stereocenters. The van der Waals surface area contributed by atoms with Crippen LogP contribution in [0.5, 0.6) is 0 Å². The average molecular weight is 300 g/mol. The molecule has 2 heterocycles. The fraction of sp³-hybridized carbons (Fsp3) is 0.438. The third-order valence-corrected chi connectivity index (χ3v) is 3.90. The molecule has 1 aliphatic rings. The van der Waals surface area contributed by atoms with E-state index >= 15 is 0 Å². The molecular weight excluding hydrogens is 280 g/mol. The minimum atomic E-state index is 0.0424. The molecule has 0 spiro atoms. The number of hydrogen-bond donors (Lipinski definition) is 0. The average Bonchev–Trinajstić information content (AvgIpc) is 3.10. The van der Waals surface area contributed by atoms with Gasteiger partial charge in [0.1, 0.15) is 19.3 Å². The molecule has 1 atom stereocenters. The van der Waals surface area contributed by atoms with Crippen LogP contribution in [0.25, 0.3) is 0 Å². The van der Waals surface area contributed by atoms with Crippen LogP contribution in [0.15, 0.2) is 43.0 Å². The van der Waals surface area contributed by atoms with Crippen LogP contribution >= 0.6 is 0 Å². The molecule has 0 saturated carbocycles. The Morgan fingerprint density at radius 2 is 2.18 bits per heavy atom. The maximum absolute atomic E-state index is 12.3. The summed E-state index contributed by atoms with van der Waals surface area (Å²) in [5.74, 6) is 0.0424. The molecule has 116 valence electrons. The summed E-state index contributed by atoms with van der Waals surface area (Å²) in [6.45, 7) is 2.06. The van der Waals surface area contributed by atoms with Crippen molar-refractivity contribution >= 4 is 5.91 Å². The lowest BCUT2D eigenvalue weighted by molar-refractivity contribution is -0.138. The Kier molecular flexibility index (Phi) is 4.80. The van der Waals surface area contributed by atoms with Gasteiger partial charge in [0.05, 0.1) is 12.6 Å². The fourth-order valence-corrected chi connectivity index (χ4v) is 2.72. The first-order chi connectivity index (χ1) is 10.8. The maximum Gasteiger partial charge on any atom is 0.248 e. The van der Waals surface area contributed by atoms with E-state index < -0.39 is 0 Å². The van der Waals surface area contributed by atoms with Gasteiger partial charge >= 0.3 is 0 Å². The quantitative estimate of drug-likeness (QED) is 0.842. The molecule has 6 nitrogen and oxygen atoms in total. The Morgan fingerprint density at radius 1 is 1.32 bits per heavy atom. The van der Waals surface area contributed by atoms with E-state index in [9.17, 15) is 4.79 Å². The first-order valence-corrected chi connectivity index (χ1v) is 7.56. The maximum atomic E-state index is 12.3. The minimum Gasteiger partial charge on any atom is -0.367 e. The van der Waals surface area contributed by atoms with Crippen molar-refractivity contribution in [1.82, 2.24) is 19.7 Å². The number of likely N-dealkylation sites (tertiary alicyclic amines) is 1. The van der Waals surface area contributed by atoms with Crippen molar-refractivity contribution < 1.29 is 9.53 Å². The zero-order chi connectivity index (χ0) is 15.2.